The van der Waals surface area contributed by atoms with Crippen molar-refractivity contribution >= 4 is 29.0 Å². The number of carbonyl (C=O) groups excluding carboxylic acids is 2. The van der Waals surface area contributed by atoms with Crippen LogP contribution in [0.15, 0.2) is 30.5 Å². The van der Waals surface area contributed by atoms with Crippen LogP contribution in [0.3, 0.4) is 0 Å². The van der Waals surface area contributed by atoms with E-state index in [1.54, 1.807) is 19.3 Å². The van der Waals surface area contributed by atoms with Crippen molar-refractivity contribution in [1.82, 2.24) is 25.2 Å². The zero-order valence-electron chi connectivity index (χ0n) is 16.0. The molecule has 2 heterocycles. The Kier molecular flexibility index (Phi) is 4.46. The van der Waals surface area contributed by atoms with Crippen LogP contribution in [-0.2, 0) is 0 Å². The van der Waals surface area contributed by atoms with Gasteiger partial charge in [-0.15, -0.1) is 5.10 Å². The van der Waals surface area contributed by atoms with Crippen molar-refractivity contribution in [2.45, 2.75) is 32.7 Å². The second-order valence-corrected chi connectivity index (χ2v) is 7.05. The van der Waals surface area contributed by atoms with E-state index in [0.717, 1.165) is 35.3 Å². The van der Waals surface area contributed by atoms with Gasteiger partial charge >= 0.3 is 0 Å². The van der Waals surface area contributed by atoms with Gasteiger partial charge in [0.25, 0.3) is 11.8 Å². The van der Waals surface area contributed by atoms with Gasteiger partial charge in [0.05, 0.1) is 17.3 Å². The lowest BCUT2D eigenvalue weighted by molar-refractivity contribution is 0.0946. The van der Waals surface area contributed by atoms with E-state index in [1.807, 2.05) is 36.4 Å². The highest BCUT2D eigenvalue weighted by Gasteiger charge is 2.24. The first-order valence-electron chi connectivity index (χ1n) is 9.22. The van der Waals surface area contributed by atoms with Crippen molar-refractivity contribution in [3.05, 3.63) is 52.8 Å². The topological polar surface area (TPSA) is 100 Å². The molecule has 2 amide bonds. The zero-order chi connectivity index (χ0) is 19.8. The normalized spacial score (nSPS) is 13.4. The first-order valence-corrected chi connectivity index (χ1v) is 9.22. The Hall–Kier alpha value is -3.42. The number of nitrogens with zero attached hydrogens (tertiary/aromatic N) is 3. The lowest BCUT2D eigenvalue weighted by Gasteiger charge is -2.13. The highest BCUT2D eigenvalue weighted by molar-refractivity contribution is 5.97. The van der Waals surface area contributed by atoms with Crippen LogP contribution in [0.1, 0.15) is 44.8 Å². The van der Waals surface area contributed by atoms with Gasteiger partial charge in [0.15, 0.2) is 0 Å². The molecule has 0 spiro atoms. The number of benzene rings is 1. The number of fused-ring (bicyclic) bond motifs is 1. The summed E-state index contributed by atoms with van der Waals surface area (Å²) in [6, 6.07) is 7.60. The quantitative estimate of drug-likeness (QED) is 0.633. The van der Waals surface area contributed by atoms with E-state index in [9.17, 15) is 9.59 Å². The van der Waals surface area contributed by atoms with E-state index >= 15 is 0 Å². The fourth-order valence-corrected chi connectivity index (χ4v) is 3.15. The molecule has 1 fully saturated rings. The van der Waals surface area contributed by atoms with Crippen LogP contribution in [-0.4, -0.2) is 39.5 Å². The van der Waals surface area contributed by atoms with Gasteiger partial charge < -0.3 is 16.0 Å². The van der Waals surface area contributed by atoms with E-state index in [-0.39, 0.29) is 11.8 Å². The van der Waals surface area contributed by atoms with Crippen LogP contribution in [0.25, 0.3) is 5.52 Å². The zero-order valence-corrected chi connectivity index (χ0v) is 16.0. The van der Waals surface area contributed by atoms with Gasteiger partial charge in [-0.1, -0.05) is 6.07 Å². The third-order valence-corrected chi connectivity index (χ3v) is 4.96. The molecule has 4 rings (SSSR count). The minimum Gasteiger partial charge on any atom is -0.355 e. The summed E-state index contributed by atoms with van der Waals surface area (Å²) in [5.41, 5.74) is 4.41. The minimum absolute atomic E-state index is 0.0751. The monoisotopic (exact) mass is 378 g/mol. The van der Waals surface area contributed by atoms with Crippen LogP contribution in [0.5, 0.6) is 0 Å². The summed E-state index contributed by atoms with van der Waals surface area (Å²) in [5.74, 6) is 0.240. The molecule has 0 unspecified atom stereocenters. The molecule has 8 nitrogen and oxygen atoms in total. The molecule has 3 N–H and O–H groups in total. The Morgan fingerprint density at radius 1 is 1.14 bits per heavy atom. The molecule has 0 bridgehead atoms. The Balaban J connectivity index is 1.70. The van der Waals surface area contributed by atoms with Gasteiger partial charge in [-0.25, -0.2) is 0 Å². The summed E-state index contributed by atoms with van der Waals surface area (Å²) in [6.07, 6.45) is 3.69. The molecule has 0 radical (unpaired) electrons. The molecule has 0 saturated heterocycles. The second kappa shape index (κ2) is 6.95. The number of aromatic nitrogens is 3. The third-order valence-electron chi connectivity index (χ3n) is 4.96. The highest BCUT2D eigenvalue weighted by Crippen LogP contribution is 2.25. The summed E-state index contributed by atoms with van der Waals surface area (Å²) in [6.45, 7) is 3.81. The van der Waals surface area contributed by atoms with Crippen LogP contribution in [0, 0.1) is 13.8 Å². The predicted molar refractivity (Wildman–Crippen MR) is 106 cm³/mol. The third kappa shape index (κ3) is 3.28. The fraction of sp³-hybridized carbons (Fsp3) is 0.300. The van der Waals surface area contributed by atoms with Gasteiger partial charge in [0, 0.05) is 30.0 Å². The predicted octanol–water partition coefficient (Wildman–Crippen LogP) is 2.34. The van der Waals surface area contributed by atoms with E-state index in [1.165, 1.54) is 0 Å². The van der Waals surface area contributed by atoms with Crippen molar-refractivity contribution in [2.24, 2.45) is 0 Å². The number of hydrogen-bond donors (Lipinski definition) is 3. The number of hydrogen-bond acceptors (Lipinski definition) is 5. The number of anilines is 2. The fourth-order valence-electron chi connectivity index (χ4n) is 3.15. The molecule has 2 aromatic heterocycles. The Morgan fingerprint density at radius 3 is 2.64 bits per heavy atom. The molecule has 1 aliphatic rings. The number of nitrogens with one attached hydrogen (secondary N) is 3. The van der Waals surface area contributed by atoms with Crippen LogP contribution in [0.2, 0.25) is 0 Å². The van der Waals surface area contributed by atoms with Gasteiger partial charge in [-0.05, 0) is 50.5 Å². The Labute approximate surface area is 162 Å². The molecular formula is C20H22N6O2. The van der Waals surface area contributed by atoms with Crippen LogP contribution >= 0.6 is 0 Å². The first kappa shape index (κ1) is 18.0. The second-order valence-electron chi connectivity index (χ2n) is 7.05. The van der Waals surface area contributed by atoms with E-state index < -0.39 is 0 Å². The van der Waals surface area contributed by atoms with Crippen molar-refractivity contribution in [1.29, 1.82) is 0 Å². The number of carbonyl (C=O) groups is 2. The lowest BCUT2D eigenvalue weighted by atomic mass is 10.1. The molecule has 144 valence electrons. The molecule has 0 atom stereocenters. The number of rotatable bonds is 5. The van der Waals surface area contributed by atoms with Gasteiger partial charge in [0.2, 0.25) is 5.95 Å². The Morgan fingerprint density at radius 2 is 1.93 bits per heavy atom. The van der Waals surface area contributed by atoms with E-state index in [0.29, 0.717) is 23.1 Å². The maximum atomic E-state index is 12.4. The standard InChI is InChI=1S/C20H22N6O2/c1-11-4-5-13(18(27)23-14-6-7-14)8-17(11)24-20-25-22-10-15-9-16(19(28)21-3)12(2)26(15)20/h4-5,8-10,14H,6-7H2,1-3H3,(H,21,28)(H,23,27)(H,24,25). The average molecular weight is 378 g/mol. The van der Waals surface area contributed by atoms with E-state index in [4.69, 9.17) is 0 Å². The van der Waals surface area contributed by atoms with Crippen molar-refractivity contribution in [3.8, 4) is 0 Å². The first-order chi connectivity index (χ1) is 13.5. The van der Waals surface area contributed by atoms with Gasteiger partial charge in [-0.2, -0.15) is 5.10 Å². The maximum Gasteiger partial charge on any atom is 0.252 e. The summed E-state index contributed by atoms with van der Waals surface area (Å²) in [4.78, 5) is 24.5. The molecule has 1 aromatic carbocycles. The smallest absolute Gasteiger partial charge is 0.252 e. The summed E-state index contributed by atoms with van der Waals surface area (Å²) in [5, 5.41) is 17.2. The highest BCUT2D eigenvalue weighted by atomic mass is 16.2. The molecule has 0 aliphatic heterocycles. The molecule has 1 saturated carbocycles. The maximum absolute atomic E-state index is 12.4. The SMILES string of the molecule is CNC(=O)c1cc2cnnc(Nc3cc(C(=O)NC4CC4)ccc3C)n2c1C. The summed E-state index contributed by atoms with van der Waals surface area (Å²) in [7, 11) is 1.60. The molecule has 1 aliphatic carbocycles. The van der Waals surface area contributed by atoms with E-state index in [2.05, 4.69) is 26.1 Å². The van der Waals surface area contributed by atoms with Crippen LogP contribution < -0.4 is 16.0 Å². The minimum atomic E-state index is -0.165. The average Bonchev–Trinajstić information content (AvgIpc) is 3.44. The lowest BCUT2D eigenvalue weighted by Crippen LogP contribution is -2.25. The number of amides is 2. The van der Waals surface area contributed by atoms with Crippen molar-refractivity contribution < 1.29 is 9.59 Å². The largest absolute Gasteiger partial charge is 0.355 e. The van der Waals surface area contributed by atoms with Crippen molar-refractivity contribution in [2.75, 3.05) is 12.4 Å². The molecule has 28 heavy (non-hydrogen) atoms. The molecular weight excluding hydrogens is 356 g/mol. The molecule has 3 aromatic rings. The van der Waals surface area contributed by atoms with Crippen molar-refractivity contribution in [3.63, 3.8) is 0 Å². The van der Waals surface area contributed by atoms with Gasteiger partial charge in [0.1, 0.15) is 0 Å². The summed E-state index contributed by atoms with van der Waals surface area (Å²) < 4.78 is 1.84. The summed E-state index contributed by atoms with van der Waals surface area (Å²) >= 11 is 0. The van der Waals surface area contributed by atoms with Crippen LogP contribution in [0.4, 0.5) is 11.6 Å². The molecule has 8 heteroatoms. The van der Waals surface area contributed by atoms with Gasteiger partial charge in [-0.3, -0.25) is 14.0 Å². The Bertz CT molecular complexity index is 1080. The number of aryl methyl sites for hydroxylation is 2.